The molecule has 6 heteroatoms. The highest BCUT2D eigenvalue weighted by Crippen LogP contribution is 2.34. The Morgan fingerprint density at radius 3 is 2.59 bits per heavy atom. The van der Waals surface area contributed by atoms with Gasteiger partial charge < -0.3 is 9.84 Å². The molecule has 1 N–H and O–H groups in total. The van der Waals surface area contributed by atoms with Crippen LogP contribution in [0, 0.1) is 5.82 Å². The van der Waals surface area contributed by atoms with Crippen LogP contribution in [0.25, 0.3) is 0 Å². The van der Waals surface area contributed by atoms with Crippen molar-refractivity contribution < 1.29 is 14.2 Å². The molecule has 0 unspecified atom stereocenters. The third kappa shape index (κ3) is 4.33. The van der Waals surface area contributed by atoms with Crippen LogP contribution in [0.2, 0.25) is 0 Å². The van der Waals surface area contributed by atoms with E-state index in [0.29, 0.717) is 38.0 Å². The molecule has 1 aliphatic heterocycles. The topological polar surface area (TPSA) is 50.5 Å². The Labute approximate surface area is 170 Å². The fourth-order valence-corrected chi connectivity index (χ4v) is 4.07. The molecule has 2 aromatic carbocycles. The van der Waals surface area contributed by atoms with E-state index in [1.807, 2.05) is 23.0 Å². The van der Waals surface area contributed by atoms with Gasteiger partial charge in [-0.15, -0.1) is 0 Å². The summed E-state index contributed by atoms with van der Waals surface area (Å²) in [5.74, 6) is 0.513. The maximum atomic E-state index is 14.1. The summed E-state index contributed by atoms with van der Waals surface area (Å²) in [5.41, 5.74) is 1.58. The highest BCUT2D eigenvalue weighted by molar-refractivity contribution is 5.37. The van der Waals surface area contributed by atoms with Crippen LogP contribution in [0.1, 0.15) is 29.5 Å². The Hall–Kier alpha value is -2.70. The molecule has 0 spiro atoms. The van der Waals surface area contributed by atoms with E-state index in [-0.39, 0.29) is 5.82 Å². The van der Waals surface area contributed by atoms with Crippen LogP contribution < -0.4 is 4.74 Å². The van der Waals surface area contributed by atoms with Gasteiger partial charge in [0.05, 0.1) is 19.3 Å². The molecule has 5 nitrogen and oxygen atoms in total. The number of benzene rings is 2. The van der Waals surface area contributed by atoms with Crippen molar-refractivity contribution in [2.45, 2.75) is 31.5 Å². The lowest BCUT2D eigenvalue weighted by atomic mass is 9.84. The monoisotopic (exact) mass is 395 g/mol. The van der Waals surface area contributed by atoms with E-state index in [4.69, 9.17) is 4.74 Å². The Balaban J connectivity index is 1.43. The molecule has 1 saturated heterocycles. The van der Waals surface area contributed by atoms with Gasteiger partial charge in [-0.3, -0.25) is 9.58 Å². The maximum Gasteiger partial charge on any atom is 0.129 e. The lowest BCUT2D eigenvalue weighted by molar-refractivity contribution is -0.0302. The Bertz CT molecular complexity index is 951. The minimum absolute atomic E-state index is 0.332. The standard InChI is InChI=1S/C23H26FN3O2/c1-29-22-8-7-18(15-19(22)17-27-12-4-11-25-27)16-26-13-9-23(28,10-14-26)20-5-2-3-6-21(20)24/h2-8,11-12,15,28H,9-10,13-14,16-17H2,1H3. The zero-order valence-corrected chi connectivity index (χ0v) is 16.6. The molecule has 1 aromatic heterocycles. The van der Waals surface area contributed by atoms with Crippen molar-refractivity contribution in [3.63, 3.8) is 0 Å². The maximum absolute atomic E-state index is 14.1. The minimum atomic E-state index is -1.09. The number of halogens is 1. The van der Waals surface area contributed by atoms with E-state index in [1.165, 1.54) is 11.6 Å². The van der Waals surface area contributed by atoms with Crippen LogP contribution in [0.3, 0.4) is 0 Å². The molecule has 4 rings (SSSR count). The van der Waals surface area contributed by atoms with E-state index in [9.17, 15) is 9.50 Å². The Morgan fingerprint density at radius 2 is 1.90 bits per heavy atom. The molecule has 0 bridgehead atoms. The van der Waals surface area contributed by atoms with E-state index in [1.54, 1.807) is 31.5 Å². The molecular formula is C23H26FN3O2. The van der Waals surface area contributed by atoms with Gasteiger partial charge in [0.25, 0.3) is 0 Å². The molecule has 0 amide bonds. The number of ether oxygens (including phenoxy) is 1. The average molecular weight is 395 g/mol. The number of hydrogen-bond donors (Lipinski definition) is 1. The van der Waals surface area contributed by atoms with Gasteiger partial charge in [-0.1, -0.05) is 24.3 Å². The van der Waals surface area contributed by atoms with E-state index >= 15 is 0 Å². The summed E-state index contributed by atoms with van der Waals surface area (Å²) >= 11 is 0. The first-order chi connectivity index (χ1) is 14.1. The number of methoxy groups -OCH3 is 1. The first-order valence-corrected chi connectivity index (χ1v) is 9.90. The van der Waals surface area contributed by atoms with Crippen molar-refractivity contribution in [2.75, 3.05) is 20.2 Å². The number of aromatic nitrogens is 2. The van der Waals surface area contributed by atoms with Crippen LogP contribution in [0.15, 0.2) is 60.9 Å². The third-order valence-electron chi connectivity index (χ3n) is 5.70. The highest BCUT2D eigenvalue weighted by atomic mass is 19.1. The molecule has 0 atom stereocenters. The molecule has 1 aliphatic rings. The van der Waals surface area contributed by atoms with Crippen LogP contribution >= 0.6 is 0 Å². The molecule has 0 aliphatic carbocycles. The van der Waals surface area contributed by atoms with Crippen molar-refractivity contribution in [1.29, 1.82) is 0 Å². The predicted molar refractivity (Wildman–Crippen MR) is 109 cm³/mol. The molecule has 2 heterocycles. The smallest absolute Gasteiger partial charge is 0.129 e. The molecule has 152 valence electrons. The first kappa shape index (κ1) is 19.6. The van der Waals surface area contributed by atoms with Crippen LogP contribution in [0.5, 0.6) is 5.75 Å². The van der Waals surface area contributed by atoms with Crippen molar-refractivity contribution >= 4 is 0 Å². The van der Waals surface area contributed by atoms with Crippen molar-refractivity contribution in [3.8, 4) is 5.75 Å². The van der Waals surface area contributed by atoms with E-state index in [2.05, 4.69) is 22.1 Å². The van der Waals surface area contributed by atoms with Gasteiger partial charge in [0.15, 0.2) is 0 Å². The fraction of sp³-hybridized carbons (Fsp3) is 0.348. The van der Waals surface area contributed by atoms with Crippen molar-refractivity contribution in [1.82, 2.24) is 14.7 Å². The van der Waals surface area contributed by atoms with E-state index in [0.717, 1.165) is 17.9 Å². The number of hydrogen-bond acceptors (Lipinski definition) is 4. The number of piperidine rings is 1. The summed E-state index contributed by atoms with van der Waals surface area (Å²) in [6.45, 7) is 2.86. The quantitative estimate of drug-likeness (QED) is 0.693. The molecule has 0 radical (unpaired) electrons. The minimum Gasteiger partial charge on any atom is -0.496 e. The lowest BCUT2D eigenvalue weighted by Gasteiger charge is -2.38. The van der Waals surface area contributed by atoms with Gasteiger partial charge in [-0.25, -0.2) is 4.39 Å². The fourth-order valence-electron chi connectivity index (χ4n) is 4.07. The van der Waals surface area contributed by atoms with Gasteiger partial charge in [-0.05, 0) is 42.7 Å². The predicted octanol–water partition coefficient (Wildman–Crippen LogP) is 3.56. The summed E-state index contributed by atoms with van der Waals surface area (Å²) in [7, 11) is 1.68. The molecular weight excluding hydrogens is 369 g/mol. The SMILES string of the molecule is COc1ccc(CN2CCC(O)(c3ccccc3F)CC2)cc1Cn1cccn1. The molecule has 1 fully saturated rings. The normalized spacial score (nSPS) is 16.7. The number of likely N-dealkylation sites (tertiary alicyclic amines) is 1. The van der Waals surface area contributed by atoms with Crippen molar-refractivity contribution in [2.24, 2.45) is 0 Å². The summed E-state index contributed by atoms with van der Waals surface area (Å²) in [5, 5.41) is 15.2. The van der Waals surface area contributed by atoms with E-state index < -0.39 is 5.60 Å². The Kier molecular flexibility index (Phi) is 5.65. The number of rotatable bonds is 6. The zero-order valence-electron chi connectivity index (χ0n) is 16.6. The molecule has 3 aromatic rings. The van der Waals surface area contributed by atoms with Gasteiger partial charge in [-0.2, -0.15) is 5.10 Å². The second kappa shape index (κ2) is 8.35. The van der Waals surface area contributed by atoms with Gasteiger partial charge in [0.1, 0.15) is 11.6 Å². The summed E-state index contributed by atoms with van der Waals surface area (Å²) in [4.78, 5) is 2.30. The van der Waals surface area contributed by atoms with Crippen LogP contribution in [0.4, 0.5) is 4.39 Å². The summed E-state index contributed by atoms with van der Waals surface area (Å²) in [6.07, 6.45) is 4.73. The van der Waals surface area contributed by atoms with Gasteiger partial charge >= 0.3 is 0 Å². The van der Waals surface area contributed by atoms with Crippen LogP contribution in [-0.4, -0.2) is 40.0 Å². The van der Waals surface area contributed by atoms with Crippen LogP contribution in [-0.2, 0) is 18.7 Å². The first-order valence-electron chi connectivity index (χ1n) is 9.90. The summed E-state index contributed by atoms with van der Waals surface area (Å²) < 4.78 is 21.5. The second-order valence-corrected chi connectivity index (χ2v) is 7.64. The van der Waals surface area contributed by atoms with Crippen molar-refractivity contribution in [3.05, 3.63) is 83.4 Å². The Morgan fingerprint density at radius 1 is 1.10 bits per heavy atom. The number of nitrogens with zero attached hydrogens (tertiary/aromatic N) is 3. The molecule has 29 heavy (non-hydrogen) atoms. The van der Waals surface area contributed by atoms with Gasteiger partial charge in [0, 0.05) is 43.2 Å². The lowest BCUT2D eigenvalue weighted by Crippen LogP contribution is -2.42. The average Bonchev–Trinajstić information content (AvgIpc) is 3.23. The largest absolute Gasteiger partial charge is 0.496 e. The highest BCUT2D eigenvalue weighted by Gasteiger charge is 2.35. The zero-order chi connectivity index (χ0) is 20.3. The third-order valence-corrected chi connectivity index (χ3v) is 5.70. The van der Waals surface area contributed by atoms with Gasteiger partial charge in [0.2, 0.25) is 0 Å². The summed E-state index contributed by atoms with van der Waals surface area (Å²) in [6, 6.07) is 14.7. The molecule has 0 saturated carbocycles. The second-order valence-electron chi connectivity index (χ2n) is 7.64. The number of aliphatic hydroxyl groups is 1.